The van der Waals surface area contributed by atoms with E-state index < -0.39 is 0 Å². The summed E-state index contributed by atoms with van der Waals surface area (Å²) in [6.07, 6.45) is 5.97. The first-order valence-corrected chi connectivity index (χ1v) is 7.94. The molecule has 122 valence electrons. The van der Waals surface area contributed by atoms with Gasteiger partial charge in [-0.25, -0.2) is 0 Å². The molecule has 6 nitrogen and oxygen atoms in total. The third-order valence-corrected chi connectivity index (χ3v) is 4.31. The number of aryl methyl sites for hydroxylation is 1. The first kappa shape index (κ1) is 15.7. The molecule has 0 aliphatic carbocycles. The molecule has 0 amide bonds. The molecule has 0 N–H and O–H groups in total. The van der Waals surface area contributed by atoms with Gasteiger partial charge in [0.25, 0.3) is 0 Å². The highest BCUT2D eigenvalue weighted by molar-refractivity contribution is 5.04. The van der Waals surface area contributed by atoms with Gasteiger partial charge in [-0.3, -0.25) is 14.5 Å². The maximum absolute atomic E-state index is 6.17. The Morgan fingerprint density at radius 3 is 2.91 bits per heavy atom. The third kappa shape index (κ3) is 3.76. The molecule has 1 aromatic rings. The van der Waals surface area contributed by atoms with Gasteiger partial charge in [0.2, 0.25) is 0 Å². The first-order chi connectivity index (χ1) is 10.7. The molecule has 2 fully saturated rings. The van der Waals surface area contributed by atoms with E-state index in [4.69, 9.17) is 9.47 Å². The van der Waals surface area contributed by atoms with Crippen LogP contribution < -0.4 is 0 Å². The predicted molar refractivity (Wildman–Crippen MR) is 84.6 cm³/mol. The molecule has 3 heterocycles. The van der Waals surface area contributed by atoms with Crippen LogP contribution in [0.4, 0.5) is 0 Å². The minimum absolute atomic E-state index is 0.222. The molecule has 1 atom stereocenters. The second-order valence-corrected chi connectivity index (χ2v) is 6.34. The molecule has 1 spiro atoms. The van der Waals surface area contributed by atoms with Crippen molar-refractivity contribution in [2.24, 2.45) is 7.05 Å². The van der Waals surface area contributed by atoms with Crippen LogP contribution in [0, 0.1) is 0 Å². The van der Waals surface area contributed by atoms with E-state index in [1.165, 1.54) is 5.56 Å². The second kappa shape index (κ2) is 6.91. The molecule has 0 bridgehead atoms. The second-order valence-electron chi connectivity index (χ2n) is 6.34. The average molecular weight is 306 g/mol. The van der Waals surface area contributed by atoms with Gasteiger partial charge in [-0.2, -0.15) is 5.10 Å². The summed E-state index contributed by atoms with van der Waals surface area (Å²) in [5, 5.41) is 4.25. The normalized spacial score (nSPS) is 27.9. The molecule has 2 saturated heterocycles. The number of morpholine rings is 1. The van der Waals surface area contributed by atoms with Crippen LogP contribution in [0.5, 0.6) is 0 Å². The van der Waals surface area contributed by atoms with Gasteiger partial charge in [-0.15, -0.1) is 6.58 Å². The van der Waals surface area contributed by atoms with Gasteiger partial charge in [-0.05, 0) is 0 Å². The van der Waals surface area contributed by atoms with Gasteiger partial charge in [0.15, 0.2) is 0 Å². The molecule has 6 heteroatoms. The molecule has 2 aliphatic rings. The molecule has 1 aromatic heterocycles. The molecular formula is C16H26N4O2. The van der Waals surface area contributed by atoms with E-state index in [1.807, 2.05) is 24.0 Å². The largest absolute Gasteiger partial charge is 0.377 e. The highest BCUT2D eigenvalue weighted by atomic mass is 16.5. The van der Waals surface area contributed by atoms with Crippen molar-refractivity contribution >= 4 is 0 Å². The zero-order chi connectivity index (χ0) is 15.4. The Labute approximate surface area is 132 Å². The first-order valence-electron chi connectivity index (χ1n) is 7.94. The van der Waals surface area contributed by atoms with Gasteiger partial charge in [-0.1, -0.05) is 6.08 Å². The van der Waals surface area contributed by atoms with Crippen LogP contribution in [-0.2, 0) is 23.1 Å². The van der Waals surface area contributed by atoms with Crippen molar-refractivity contribution in [2.75, 3.05) is 52.5 Å². The molecular weight excluding hydrogens is 280 g/mol. The van der Waals surface area contributed by atoms with E-state index in [0.717, 1.165) is 52.5 Å². The summed E-state index contributed by atoms with van der Waals surface area (Å²) in [6, 6.07) is 0. The van der Waals surface area contributed by atoms with Crippen molar-refractivity contribution in [1.29, 1.82) is 0 Å². The van der Waals surface area contributed by atoms with Crippen LogP contribution in [0.25, 0.3) is 0 Å². The Morgan fingerprint density at radius 1 is 1.32 bits per heavy atom. The summed E-state index contributed by atoms with van der Waals surface area (Å²) in [5.74, 6) is 0. The molecule has 3 rings (SSSR count). The topological polar surface area (TPSA) is 42.8 Å². The summed E-state index contributed by atoms with van der Waals surface area (Å²) < 4.78 is 13.8. The Hall–Kier alpha value is -1.21. The van der Waals surface area contributed by atoms with Gasteiger partial charge < -0.3 is 9.47 Å². The van der Waals surface area contributed by atoms with Crippen molar-refractivity contribution in [2.45, 2.75) is 12.1 Å². The van der Waals surface area contributed by atoms with Gasteiger partial charge in [0.05, 0.1) is 26.0 Å². The van der Waals surface area contributed by atoms with Gasteiger partial charge in [0, 0.05) is 58.1 Å². The van der Waals surface area contributed by atoms with Crippen molar-refractivity contribution in [3.63, 3.8) is 0 Å². The van der Waals surface area contributed by atoms with E-state index in [1.54, 1.807) is 0 Å². The fourth-order valence-electron chi connectivity index (χ4n) is 3.38. The summed E-state index contributed by atoms with van der Waals surface area (Å²) in [7, 11) is 1.95. The van der Waals surface area contributed by atoms with Gasteiger partial charge >= 0.3 is 0 Å². The summed E-state index contributed by atoms with van der Waals surface area (Å²) >= 11 is 0. The quantitative estimate of drug-likeness (QED) is 0.758. The molecule has 2 aliphatic heterocycles. The minimum atomic E-state index is -0.222. The Morgan fingerprint density at radius 2 is 2.14 bits per heavy atom. The maximum atomic E-state index is 6.17. The zero-order valence-corrected chi connectivity index (χ0v) is 13.4. The number of hydrogen-bond donors (Lipinski definition) is 0. The number of nitrogens with zero attached hydrogens (tertiary/aromatic N) is 4. The van der Waals surface area contributed by atoms with Crippen molar-refractivity contribution in [3.05, 3.63) is 30.6 Å². The molecule has 0 aromatic carbocycles. The fraction of sp³-hybridized carbons (Fsp3) is 0.688. The van der Waals surface area contributed by atoms with E-state index in [9.17, 15) is 0 Å². The monoisotopic (exact) mass is 306 g/mol. The lowest BCUT2D eigenvalue weighted by Crippen LogP contribution is -2.58. The Balaban J connectivity index is 1.66. The zero-order valence-electron chi connectivity index (χ0n) is 13.4. The third-order valence-electron chi connectivity index (χ3n) is 4.31. The Bertz CT molecular complexity index is 504. The van der Waals surface area contributed by atoms with Crippen molar-refractivity contribution < 1.29 is 9.47 Å². The van der Waals surface area contributed by atoms with E-state index in [-0.39, 0.29) is 5.60 Å². The van der Waals surface area contributed by atoms with Crippen molar-refractivity contribution in [3.8, 4) is 0 Å². The number of aromatic nitrogens is 2. The highest BCUT2D eigenvalue weighted by Crippen LogP contribution is 2.23. The maximum Gasteiger partial charge on any atom is 0.117 e. The van der Waals surface area contributed by atoms with Gasteiger partial charge in [0.1, 0.15) is 5.60 Å². The summed E-state index contributed by atoms with van der Waals surface area (Å²) in [4.78, 5) is 4.81. The lowest BCUT2D eigenvalue weighted by atomic mass is 10.0. The van der Waals surface area contributed by atoms with Crippen LogP contribution in [0.2, 0.25) is 0 Å². The number of hydrogen-bond acceptors (Lipinski definition) is 5. The van der Waals surface area contributed by atoms with Crippen LogP contribution in [0.1, 0.15) is 5.56 Å². The highest BCUT2D eigenvalue weighted by Gasteiger charge is 2.40. The number of ether oxygens (including phenoxy) is 2. The van der Waals surface area contributed by atoms with E-state index >= 15 is 0 Å². The number of rotatable bonds is 4. The smallest absolute Gasteiger partial charge is 0.117 e. The van der Waals surface area contributed by atoms with Crippen LogP contribution in [-0.4, -0.2) is 77.7 Å². The van der Waals surface area contributed by atoms with E-state index in [0.29, 0.717) is 6.61 Å². The average Bonchev–Trinajstić information content (AvgIpc) is 2.79. The summed E-state index contributed by atoms with van der Waals surface area (Å²) in [5.41, 5.74) is 1.03. The lowest BCUT2D eigenvalue weighted by Gasteiger charge is -2.43. The predicted octanol–water partition coefficient (Wildman–Crippen LogP) is 0.509. The Kier molecular flexibility index (Phi) is 4.93. The summed E-state index contributed by atoms with van der Waals surface area (Å²) in [6.45, 7) is 11.5. The molecule has 0 saturated carbocycles. The SMILES string of the molecule is C=CCN1CCOC[C@@]2(C1)CN(Cc1cnn(C)c1)CCO2. The van der Waals surface area contributed by atoms with Crippen molar-refractivity contribution in [1.82, 2.24) is 19.6 Å². The van der Waals surface area contributed by atoms with Crippen LogP contribution >= 0.6 is 0 Å². The lowest BCUT2D eigenvalue weighted by molar-refractivity contribution is -0.142. The molecule has 0 unspecified atom stereocenters. The molecule has 0 radical (unpaired) electrons. The van der Waals surface area contributed by atoms with Crippen LogP contribution in [0.15, 0.2) is 25.0 Å². The fourth-order valence-corrected chi connectivity index (χ4v) is 3.38. The minimum Gasteiger partial charge on any atom is -0.377 e. The standard InChI is InChI=1S/C16H26N4O2/c1-3-4-19-5-7-21-14-16(12-19)13-20(6-8-22-16)11-15-9-17-18(2)10-15/h3,9-10H,1,4-8,11-14H2,2H3/t16-/m1/s1. The van der Waals surface area contributed by atoms with Crippen LogP contribution in [0.3, 0.4) is 0 Å². The van der Waals surface area contributed by atoms with E-state index in [2.05, 4.69) is 27.7 Å². The molecule has 22 heavy (non-hydrogen) atoms.